The van der Waals surface area contributed by atoms with E-state index in [1.54, 1.807) is 6.20 Å². The van der Waals surface area contributed by atoms with E-state index in [2.05, 4.69) is 32.2 Å². The van der Waals surface area contributed by atoms with Gasteiger partial charge in [0, 0.05) is 52.0 Å². The van der Waals surface area contributed by atoms with Crippen molar-refractivity contribution in [1.82, 2.24) is 30.2 Å². The number of H-pyrrole nitrogens is 1. The number of aromatic amines is 1. The van der Waals surface area contributed by atoms with Gasteiger partial charge in [-0.2, -0.15) is 5.10 Å². The first-order chi connectivity index (χ1) is 12.7. The Morgan fingerprint density at radius 3 is 2.52 bits per heavy atom. The van der Waals surface area contributed by atoms with Crippen molar-refractivity contribution in [2.45, 2.75) is 39.3 Å². The Morgan fingerprint density at radius 1 is 1.22 bits per heavy atom. The number of aliphatic imine (C=N–C) groups is 1. The van der Waals surface area contributed by atoms with Gasteiger partial charge in [0.05, 0.1) is 18.3 Å². The van der Waals surface area contributed by atoms with Crippen LogP contribution in [0, 0.1) is 0 Å². The largest absolute Gasteiger partial charge is 0.357 e. The van der Waals surface area contributed by atoms with Crippen LogP contribution >= 0.6 is 24.0 Å². The molecule has 8 nitrogen and oxygen atoms in total. The SMILES string of the molecule is CCNC(=NCc1ccn[nH]1)N1CCN(C(C)C(=O)N2CCCC2)CC1.I. The molecule has 3 heterocycles. The molecule has 1 amide bonds. The molecule has 1 unspecified atom stereocenters. The molecule has 2 saturated heterocycles. The molecule has 1 aromatic heterocycles. The zero-order valence-corrected chi connectivity index (χ0v) is 18.7. The Morgan fingerprint density at radius 2 is 1.93 bits per heavy atom. The molecule has 0 aliphatic carbocycles. The first-order valence-corrected chi connectivity index (χ1v) is 9.73. The van der Waals surface area contributed by atoms with Gasteiger partial charge in [-0.3, -0.25) is 14.8 Å². The predicted molar refractivity (Wildman–Crippen MR) is 117 cm³/mol. The van der Waals surface area contributed by atoms with Crippen LogP contribution in [0.1, 0.15) is 32.4 Å². The number of carbonyl (C=O) groups is 1. The van der Waals surface area contributed by atoms with E-state index >= 15 is 0 Å². The van der Waals surface area contributed by atoms with Crippen LogP contribution in [0.15, 0.2) is 17.3 Å². The average Bonchev–Trinajstić information content (AvgIpc) is 3.38. The highest BCUT2D eigenvalue weighted by Gasteiger charge is 2.30. The third-order valence-corrected chi connectivity index (χ3v) is 5.23. The van der Waals surface area contributed by atoms with Gasteiger partial charge in [-0.1, -0.05) is 0 Å². The van der Waals surface area contributed by atoms with Gasteiger partial charge < -0.3 is 15.1 Å². The van der Waals surface area contributed by atoms with Gasteiger partial charge in [0.25, 0.3) is 0 Å². The molecule has 27 heavy (non-hydrogen) atoms. The summed E-state index contributed by atoms with van der Waals surface area (Å²) in [4.78, 5) is 23.9. The lowest BCUT2D eigenvalue weighted by atomic mass is 10.2. The Balaban J connectivity index is 0.00000261. The molecule has 0 radical (unpaired) electrons. The van der Waals surface area contributed by atoms with Gasteiger partial charge in [0.1, 0.15) is 0 Å². The summed E-state index contributed by atoms with van der Waals surface area (Å²) in [5, 5.41) is 10.3. The van der Waals surface area contributed by atoms with Crippen LogP contribution in [0.3, 0.4) is 0 Å². The second-order valence-electron chi connectivity index (χ2n) is 6.98. The lowest BCUT2D eigenvalue weighted by Gasteiger charge is -2.39. The minimum atomic E-state index is -0.0280. The standard InChI is InChI=1S/C18H31N7O.HI/c1-3-19-18(20-14-16-6-7-21-22-16)25-12-10-23(11-13-25)15(2)17(26)24-8-4-5-9-24;/h6-7,15H,3-5,8-14H2,1-2H3,(H,19,20)(H,21,22);1H. The fourth-order valence-electron chi connectivity index (χ4n) is 3.64. The van der Waals surface area contributed by atoms with Crippen LogP contribution in [-0.2, 0) is 11.3 Å². The molecule has 3 rings (SSSR count). The summed E-state index contributed by atoms with van der Waals surface area (Å²) in [6.45, 7) is 10.9. The lowest BCUT2D eigenvalue weighted by molar-refractivity contribution is -0.135. The van der Waals surface area contributed by atoms with Gasteiger partial charge >= 0.3 is 0 Å². The minimum absolute atomic E-state index is 0. The predicted octanol–water partition coefficient (Wildman–Crippen LogP) is 1.12. The number of guanidine groups is 1. The first-order valence-electron chi connectivity index (χ1n) is 9.73. The van der Waals surface area contributed by atoms with E-state index in [0.717, 1.165) is 70.3 Å². The molecule has 2 aliphatic rings. The van der Waals surface area contributed by atoms with Crippen LogP contribution in [0.4, 0.5) is 0 Å². The molecular weight excluding hydrogens is 457 g/mol. The fourth-order valence-corrected chi connectivity index (χ4v) is 3.64. The summed E-state index contributed by atoms with van der Waals surface area (Å²) in [7, 11) is 0. The van der Waals surface area contributed by atoms with Crippen molar-refractivity contribution in [2.75, 3.05) is 45.8 Å². The topological polar surface area (TPSA) is 79.9 Å². The molecule has 1 aromatic rings. The fraction of sp³-hybridized carbons (Fsp3) is 0.722. The summed E-state index contributed by atoms with van der Waals surface area (Å²) >= 11 is 0. The molecule has 0 spiro atoms. The number of piperazine rings is 1. The number of amides is 1. The van der Waals surface area contributed by atoms with Gasteiger partial charge in [0.15, 0.2) is 5.96 Å². The van der Waals surface area contributed by atoms with Gasteiger partial charge in [-0.25, -0.2) is 4.99 Å². The van der Waals surface area contributed by atoms with Crippen LogP contribution in [0.25, 0.3) is 0 Å². The number of aromatic nitrogens is 2. The van der Waals surface area contributed by atoms with Crippen molar-refractivity contribution in [3.05, 3.63) is 18.0 Å². The van der Waals surface area contributed by atoms with Crippen LogP contribution < -0.4 is 5.32 Å². The number of halogens is 1. The highest BCUT2D eigenvalue weighted by atomic mass is 127. The second kappa shape index (κ2) is 10.8. The molecule has 0 bridgehead atoms. The quantitative estimate of drug-likeness (QED) is 0.368. The first kappa shape index (κ1) is 21.9. The highest BCUT2D eigenvalue weighted by molar-refractivity contribution is 14.0. The van der Waals surface area contributed by atoms with Crippen molar-refractivity contribution >= 4 is 35.8 Å². The third-order valence-electron chi connectivity index (χ3n) is 5.23. The van der Waals surface area contributed by atoms with Crippen molar-refractivity contribution in [2.24, 2.45) is 4.99 Å². The molecule has 2 N–H and O–H groups in total. The van der Waals surface area contributed by atoms with Gasteiger partial charge in [0.2, 0.25) is 5.91 Å². The number of nitrogens with zero attached hydrogens (tertiary/aromatic N) is 5. The number of hydrogen-bond donors (Lipinski definition) is 2. The van der Waals surface area contributed by atoms with Crippen LogP contribution in [-0.4, -0.2) is 88.6 Å². The average molecular weight is 489 g/mol. The Bertz CT molecular complexity index is 593. The van der Waals surface area contributed by atoms with Crippen molar-refractivity contribution in [1.29, 1.82) is 0 Å². The minimum Gasteiger partial charge on any atom is -0.357 e. The Hall–Kier alpha value is -1.36. The molecular formula is C18H32IN7O. The Kier molecular flexibility index (Phi) is 8.81. The summed E-state index contributed by atoms with van der Waals surface area (Å²) in [6, 6.07) is 1.91. The molecule has 9 heteroatoms. The van der Waals surface area contributed by atoms with E-state index in [-0.39, 0.29) is 35.9 Å². The number of hydrogen-bond acceptors (Lipinski definition) is 4. The molecule has 0 saturated carbocycles. The van der Waals surface area contributed by atoms with Gasteiger partial charge in [-0.05, 0) is 32.8 Å². The van der Waals surface area contributed by atoms with Crippen molar-refractivity contribution < 1.29 is 4.79 Å². The number of carbonyl (C=O) groups excluding carboxylic acids is 1. The maximum atomic E-state index is 12.6. The van der Waals surface area contributed by atoms with E-state index < -0.39 is 0 Å². The van der Waals surface area contributed by atoms with Gasteiger partial charge in [-0.15, -0.1) is 24.0 Å². The summed E-state index contributed by atoms with van der Waals surface area (Å²) in [5.74, 6) is 1.22. The molecule has 1 atom stereocenters. The van der Waals surface area contributed by atoms with Crippen molar-refractivity contribution in [3.63, 3.8) is 0 Å². The monoisotopic (exact) mass is 489 g/mol. The highest BCUT2D eigenvalue weighted by Crippen LogP contribution is 2.14. The maximum Gasteiger partial charge on any atom is 0.239 e. The zero-order valence-electron chi connectivity index (χ0n) is 16.4. The van der Waals surface area contributed by atoms with Crippen molar-refractivity contribution in [3.8, 4) is 0 Å². The number of rotatable bonds is 5. The van der Waals surface area contributed by atoms with E-state index in [0.29, 0.717) is 6.54 Å². The smallest absolute Gasteiger partial charge is 0.239 e. The summed E-state index contributed by atoms with van der Waals surface area (Å²) < 4.78 is 0. The lowest BCUT2D eigenvalue weighted by Crippen LogP contribution is -2.57. The zero-order chi connectivity index (χ0) is 18.4. The summed E-state index contributed by atoms with van der Waals surface area (Å²) in [6.07, 6.45) is 4.03. The van der Waals surface area contributed by atoms with E-state index in [9.17, 15) is 4.79 Å². The number of nitrogens with one attached hydrogen (secondary N) is 2. The van der Waals surface area contributed by atoms with E-state index in [1.807, 2.05) is 17.9 Å². The van der Waals surface area contributed by atoms with Crippen LogP contribution in [0.5, 0.6) is 0 Å². The Labute approximate surface area is 178 Å². The van der Waals surface area contributed by atoms with E-state index in [1.165, 1.54) is 0 Å². The normalized spacial score (nSPS) is 19.7. The second-order valence-corrected chi connectivity index (χ2v) is 6.98. The van der Waals surface area contributed by atoms with E-state index in [4.69, 9.17) is 4.99 Å². The molecule has 2 aliphatic heterocycles. The van der Waals surface area contributed by atoms with Crippen LogP contribution in [0.2, 0.25) is 0 Å². The number of likely N-dealkylation sites (tertiary alicyclic amines) is 1. The molecule has 2 fully saturated rings. The third kappa shape index (κ3) is 5.81. The maximum absolute atomic E-state index is 12.6. The summed E-state index contributed by atoms with van der Waals surface area (Å²) in [5.41, 5.74) is 1.00. The molecule has 0 aromatic carbocycles. The molecule has 152 valence electrons.